The van der Waals surface area contributed by atoms with Gasteiger partial charge in [0.1, 0.15) is 9.09 Å². The van der Waals surface area contributed by atoms with E-state index in [-0.39, 0.29) is 20.6 Å². The van der Waals surface area contributed by atoms with E-state index >= 15 is 0 Å². The Morgan fingerprint density at radius 3 is 2.67 bits per heavy atom. The van der Waals surface area contributed by atoms with E-state index < -0.39 is 10.8 Å². The van der Waals surface area contributed by atoms with Crippen molar-refractivity contribution in [2.24, 2.45) is 0 Å². The maximum absolute atomic E-state index is 12.7. The Balaban J connectivity index is 1.63. The van der Waals surface area contributed by atoms with Crippen LogP contribution in [0, 0.1) is 10.1 Å². The van der Waals surface area contributed by atoms with Crippen molar-refractivity contribution in [3.63, 3.8) is 0 Å². The quantitative estimate of drug-likeness (QED) is 0.267. The molecule has 0 saturated heterocycles. The first-order chi connectivity index (χ1) is 14.4. The molecule has 11 heteroatoms. The number of anilines is 1. The third kappa shape index (κ3) is 4.24. The number of hydrogen-bond acceptors (Lipinski definition) is 7. The van der Waals surface area contributed by atoms with Gasteiger partial charge in [-0.3, -0.25) is 24.9 Å². The number of hydrogen-bond donors (Lipinski definition) is 1. The van der Waals surface area contributed by atoms with Crippen molar-refractivity contribution in [3.05, 3.63) is 80.0 Å². The first-order valence-corrected chi connectivity index (χ1v) is 10.7. The summed E-state index contributed by atoms with van der Waals surface area (Å²) in [6.45, 7) is 0. The Morgan fingerprint density at radius 1 is 1.17 bits per heavy atom. The highest BCUT2D eigenvalue weighted by Gasteiger charge is 2.25. The summed E-state index contributed by atoms with van der Waals surface area (Å²) in [5.41, 5.74) is 1.17. The number of nitrogens with zero attached hydrogens (tertiary/aromatic N) is 3. The zero-order valence-electron chi connectivity index (χ0n) is 14.8. The summed E-state index contributed by atoms with van der Waals surface area (Å²) in [6, 6.07) is 10.2. The molecule has 1 amide bonds. The minimum absolute atomic E-state index is 0.191. The van der Waals surface area contributed by atoms with Crippen molar-refractivity contribution < 1.29 is 9.72 Å². The molecule has 0 bridgehead atoms. The molecule has 0 aliphatic rings. The van der Waals surface area contributed by atoms with Gasteiger partial charge >= 0.3 is 0 Å². The second kappa shape index (κ2) is 8.57. The Morgan fingerprint density at radius 2 is 1.93 bits per heavy atom. The van der Waals surface area contributed by atoms with Crippen LogP contribution in [0.15, 0.2) is 64.1 Å². The molecular formula is C19H10Cl2N4O3S2. The molecule has 4 aromatic rings. The lowest BCUT2D eigenvalue weighted by Gasteiger charge is -2.05. The number of amides is 1. The smallest absolute Gasteiger partial charge is 0.294 e. The number of aromatic nitrogens is 2. The molecule has 0 atom stereocenters. The molecule has 7 nitrogen and oxygen atoms in total. The minimum Gasteiger partial charge on any atom is -0.321 e. The Hall–Kier alpha value is -2.72. The Labute approximate surface area is 188 Å². The number of pyridine rings is 2. The third-order valence-corrected chi connectivity index (χ3v) is 7.22. The predicted octanol–water partition coefficient (Wildman–Crippen LogP) is 6.31. The highest BCUT2D eigenvalue weighted by atomic mass is 35.5. The van der Waals surface area contributed by atoms with E-state index in [1.165, 1.54) is 18.5 Å². The zero-order chi connectivity index (χ0) is 21.3. The van der Waals surface area contributed by atoms with Gasteiger partial charge in [-0.15, -0.1) is 11.3 Å². The van der Waals surface area contributed by atoms with Crippen molar-refractivity contribution in [1.82, 2.24) is 9.97 Å². The topological polar surface area (TPSA) is 98.0 Å². The van der Waals surface area contributed by atoms with E-state index in [0.717, 1.165) is 34.0 Å². The van der Waals surface area contributed by atoms with Crippen LogP contribution >= 0.6 is 46.3 Å². The number of carbonyl (C=O) groups is 1. The number of fused-ring (bicyclic) bond motifs is 1. The number of nitro groups is 1. The SMILES string of the molecule is O=C(Nc1ccc2ncccc2c1)c1cc([N+](=O)[O-])c(Sc2c(Cl)cncc2Cl)s1. The molecule has 0 unspecified atom stereocenters. The van der Waals surface area contributed by atoms with Gasteiger partial charge < -0.3 is 5.32 Å². The van der Waals surface area contributed by atoms with Crippen molar-refractivity contribution in [3.8, 4) is 0 Å². The number of halogens is 2. The maximum atomic E-state index is 12.7. The number of nitrogens with one attached hydrogen (secondary N) is 1. The van der Waals surface area contributed by atoms with Crippen LogP contribution in [-0.4, -0.2) is 20.8 Å². The van der Waals surface area contributed by atoms with Gasteiger partial charge in [0.15, 0.2) is 0 Å². The van der Waals surface area contributed by atoms with E-state index in [9.17, 15) is 14.9 Å². The number of carbonyl (C=O) groups excluding carboxylic acids is 1. The predicted molar refractivity (Wildman–Crippen MR) is 119 cm³/mol. The highest BCUT2D eigenvalue weighted by Crippen LogP contribution is 2.45. The van der Waals surface area contributed by atoms with E-state index in [1.54, 1.807) is 30.5 Å². The van der Waals surface area contributed by atoms with Crippen LogP contribution < -0.4 is 5.32 Å². The van der Waals surface area contributed by atoms with Crippen LogP contribution in [0.4, 0.5) is 11.4 Å². The van der Waals surface area contributed by atoms with Gasteiger partial charge in [0, 0.05) is 35.7 Å². The summed E-state index contributed by atoms with van der Waals surface area (Å²) in [5.74, 6) is -0.454. The summed E-state index contributed by atoms with van der Waals surface area (Å²) in [4.78, 5) is 32.4. The van der Waals surface area contributed by atoms with Crippen LogP contribution in [0.5, 0.6) is 0 Å². The second-order valence-electron chi connectivity index (χ2n) is 5.94. The average molecular weight is 477 g/mol. The van der Waals surface area contributed by atoms with Crippen molar-refractivity contribution >= 4 is 74.5 Å². The van der Waals surface area contributed by atoms with Gasteiger partial charge in [-0.25, -0.2) is 0 Å². The van der Waals surface area contributed by atoms with Crippen molar-refractivity contribution in [1.29, 1.82) is 0 Å². The van der Waals surface area contributed by atoms with Gasteiger partial charge in [-0.2, -0.15) is 0 Å². The molecule has 0 radical (unpaired) electrons. The number of thiophene rings is 1. The molecule has 0 saturated carbocycles. The lowest BCUT2D eigenvalue weighted by Crippen LogP contribution is -2.10. The molecule has 30 heavy (non-hydrogen) atoms. The Kier molecular flexibility index (Phi) is 5.87. The first kappa shape index (κ1) is 20.5. The molecule has 4 rings (SSSR count). The van der Waals surface area contributed by atoms with Gasteiger partial charge in [-0.05, 0) is 24.3 Å². The van der Waals surface area contributed by atoms with E-state index in [4.69, 9.17) is 23.2 Å². The molecule has 1 N–H and O–H groups in total. The first-order valence-electron chi connectivity index (χ1n) is 8.33. The average Bonchev–Trinajstić information content (AvgIpc) is 3.15. The molecule has 150 valence electrons. The van der Waals surface area contributed by atoms with Gasteiger partial charge in [0.2, 0.25) is 0 Å². The zero-order valence-corrected chi connectivity index (χ0v) is 18.0. The molecule has 0 aliphatic heterocycles. The fraction of sp³-hybridized carbons (Fsp3) is 0. The van der Waals surface area contributed by atoms with Crippen LogP contribution in [-0.2, 0) is 0 Å². The van der Waals surface area contributed by atoms with Crippen LogP contribution in [0.1, 0.15) is 9.67 Å². The number of benzene rings is 1. The van der Waals surface area contributed by atoms with Crippen LogP contribution in [0.3, 0.4) is 0 Å². The minimum atomic E-state index is -0.541. The molecule has 3 aromatic heterocycles. The molecule has 1 aromatic carbocycles. The normalized spacial score (nSPS) is 10.9. The molecule has 0 fully saturated rings. The monoisotopic (exact) mass is 476 g/mol. The Bertz CT molecular complexity index is 1280. The van der Waals surface area contributed by atoms with E-state index in [1.807, 2.05) is 6.07 Å². The molecule has 0 spiro atoms. The van der Waals surface area contributed by atoms with Gasteiger partial charge in [-0.1, -0.05) is 41.0 Å². The van der Waals surface area contributed by atoms with Crippen molar-refractivity contribution in [2.45, 2.75) is 9.10 Å². The summed E-state index contributed by atoms with van der Waals surface area (Å²) >= 11 is 14.3. The molecule has 0 aliphatic carbocycles. The summed E-state index contributed by atoms with van der Waals surface area (Å²) in [7, 11) is 0. The summed E-state index contributed by atoms with van der Waals surface area (Å²) < 4.78 is 0.294. The second-order valence-corrected chi connectivity index (χ2v) is 9.09. The van der Waals surface area contributed by atoms with E-state index in [2.05, 4.69) is 15.3 Å². The number of rotatable bonds is 5. The van der Waals surface area contributed by atoms with Crippen LogP contribution in [0.25, 0.3) is 10.9 Å². The molecule has 3 heterocycles. The fourth-order valence-corrected chi connectivity index (χ4v) is 5.37. The lowest BCUT2D eigenvalue weighted by atomic mass is 10.2. The van der Waals surface area contributed by atoms with Crippen molar-refractivity contribution in [2.75, 3.05) is 5.32 Å². The maximum Gasteiger partial charge on any atom is 0.294 e. The standard InChI is InChI=1S/C19H10Cl2N4O3S2/c20-12-8-22-9-13(21)17(12)30-19-15(25(27)28)7-16(29-19)18(26)24-11-3-4-14-10(6-11)2-1-5-23-14/h1-9H,(H,24,26). The van der Waals surface area contributed by atoms with E-state index in [0.29, 0.717) is 14.8 Å². The third-order valence-electron chi connectivity index (χ3n) is 3.97. The largest absolute Gasteiger partial charge is 0.321 e. The highest BCUT2D eigenvalue weighted by molar-refractivity contribution is 8.01. The summed E-state index contributed by atoms with van der Waals surface area (Å²) in [6.07, 6.45) is 4.49. The van der Waals surface area contributed by atoms with Gasteiger partial charge in [0.05, 0.1) is 25.4 Å². The van der Waals surface area contributed by atoms with Crippen LogP contribution in [0.2, 0.25) is 10.0 Å². The fourth-order valence-electron chi connectivity index (χ4n) is 2.61. The summed E-state index contributed by atoms with van der Waals surface area (Å²) in [5, 5.41) is 15.7. The molecular weight excluding hydrogens is 467 g/mol. The van der Waals surface area contributed by atoms with Gasteiger partial charge in [0.25, 0.3) is 11.6 Å². The lowest BCUT2D eigenvalue weighted by molar-refractivity contribution is -0.387.